The van der Waals surface area contributed by atoms with Crippen LogP contribution in [0.1, 0.15) is 19.8 Å². The normalized spacial score (nSPS) is 15.1. The number of nitrogens with zero attached hydrogens (tertiary/aromatic N) is 1. The van der Waals surface area contributed by atoms with Crippen molar-refractivity contribution >= 4 is 21.4 Å². The predicted molar refractivity (Wildman–Crippen MR) is 73.3 cm³/mol. The summed E-state index contributed by atoms with van der Waals surface area (Å²) in [6, 6.07) is 3.22. The van der Waals surface area contributed by atoms with Crippen molar-refractivity contribution in [2.24, 2.45) is 0 Å². The Labute approximate surface area is 117 Å². The lowest BCUT2D eigenvalue weighted by atomic mass is 10.3. The molecule has 0 atom stereocenters. The average molecular weight is 300 g/mol. The van der Waals surface area contributed by atoms with E-state index in [2.05, 4.69) is 0 Å². The average Bonchev–Trinajstić information content (AvgIpc) is 3.12. The van der Waals surface area contributed by atoms with Crippen molar-refractivity contribution in [3.05, 3.63) is 24.0 Å². The second kappa shape index (κ2) is 5.40. The Hall–Kier alpha value is -1.63. The number of benzene rings is 1. The van der Waals surface area contributed by atoms with Gasteiger partial charge in [-0.25, -0.2) is 12.8 Å². The Morgan fingerprint density at radius 2 is 2.10 bits per heavy atom. The van der Waals surface area contributed by atoms with Crippen LogP contribution >= 0.6 is 0 Å². The van der Waals surface area contributed by atoms with Crippen LogP contribution in [-0.2, 0) is 14.6 Å². The number of rotatable bonds is 5. The van der Waals surface area contributed by atoms with E-state index in [4.69, 9.17) is 5.73 Å². The first-order valence-corrected chi connectivity index (χ1v) is 8.07. The predicted octanol–water partition coefficient (Wildman–Crippen LogP) is 1.19. The van der Waals surface area contributed by atoms with Crippen LogP contribution in [0.5, 0.6) is 0 Å². The van der Waals surface area contributed by atoms with Crippen molar-refractivity contribution < 1.29 is 17.6 Å². The molecule has 1 fully saturated rings. The van der Waals surface area contributed by atoms with E-state index in [0.29, 0.717) is 6.54 Å². The molecule has 5 nitrogen and oxygen atoms in total. The van der Waals surface area contributed by atoms with Crippen LogP contribution in [0, 0.1) is 5.82 Å². The van der Waals surface area contributed by atoms with E-state index in [0.717, 1.165) is 31.0 Å². The summed E-state index contributed by atoms with van der Waals surface area (Å²) in [5.41, 5.74) is 5.35. The van der Waals surface area contributed by atoms with Gasteiger partial charge in [0.15, 0.2) is 9.84 Å². The van der Waals surface area contributed by atoms with Gasteiger partial charge in [0, 0.05) is 12.6 Å². The third-order valence-electron chi connectivity index (χ3n) is 3.27. The van der Waals surface area contributed by atoms with Crippen molar-refractivity contribution in [3.63, 3.8) is 0 Å². The van der Waals surface area contributed by atoms with E-state index in [1.165, 1.54) is 0 Å². The molecule has 1 aliphatic carbocycles. The smallest absolute Gasteiger partial charge is 0.238 e. The van der Waals surface area contributed by atoms with Crippen molar-refractivity contribution in [1.82, 2.24) is 4.90 Å². The van der Waals surface area contributed by atoms with Gasteiger partial charge in [0.05, 0.1) is 10.6 Å². The molecule has 0 heterocycles. The van der Waals surface area contributed by atoms with Gasteiger partial charge < -0.3 is 10.6 Å². The van der Waals surface area contributed by atoms with Crippen LogP contribution in [0.4, 0.5) is 10.1 Å². The minimum atomic E-state index is -3.85. The van der Waals surface area contributed by atoms with E-state index < -0.39 is 27.3 Å². The van der Waals surface area contributed by atoms with Crippen molar-refractivity contribution in [1.29, 1.82) is 0 Å². The monoisotopic (exact) mass is 300 g/mol. The third-order valence-corrected chi connectivity index (χ3v) is 4.94. The van der Waals surface area contributed by atoms with E-state index >= 15 is 0 Å². The van der Waals surface area contributed by atoms with Crippen molar-refractivity contribution in [2.75, 3.05) is 18.0 Å². The van der Waals surface area contributed by atoms with Crippen LogP contribution in [0.2, 0.25) is 0 Å². The van der Waals surface area contributed by atoms with E-state index in [-0.39, 0.29) is 16.6 Å². The standard InChI is InChI=1S/C13H17FN2O3S/c1-2-16(10-4-5-10)13(17)8-20(18,19)12-6-3-9(14)7-11(12)15/h3,6-7,10H,2,4-5,8,15H2,1H3. The minimum Gasteiger partial charge on any atom is -0.398 e. The van der Waals surface area contributed by atoms with Crippen LogP contribution in [0.15, 0.2) is 23.1 Å². The molecular weight excluding hydrogens is 283 g/mol. The maximum atomic E-state index is 12.9. The molecular formula is C13H17FN2O3S. The van der Waals surface area contributed by atoms with Gasteiger partial charge in [0.1, 0.15) is 11.6 Å². The first kappa shape index (κ1) is 14.8. The fourth-order valence-electron chi connectivity index (χ4n) is 2.15. The van der Waals surface area contributed by atoms with E-state index in [9.17, 15) is 17.6 Å². The summed E-state index contributed by atoms with van der Waals surface area (Å²) in [5, 5.41) is 0. The molecule has 0 bridgehead atoms. The summed E-state index contributed by atoms with van der Waals surface area (Å²) in [6.07, 6.45) is 1.83. The highest BCUT2D eigenvalue weighted by molar-refractivity contribution is 7.92. The molecule has 0 radical (unpaired) electrons. The number of hydrogen-bond donors (Lipinski definition) is 1. The summed E-state index contributed by atoms with van der Waals surface area (Å²) in [4.78, 5) is 13.4. The van der Waals surface area contributed by atoms with Crippen LogP contribution in [0.25, 0.3) is 0 Å². The van der Waals surface area contributed by atoms with Gasteiger partial charge in [-0.2, -0.15) is 0 Å². The number of carbonyl (C=O) groups excluding carboxylic acids is 1. The van der Waals surface area contributed by atoms with Crippen LogP contribution in [0.3, 0.4) is 0 Å². The summed E-state index contributed by atoms with van der Waals surface area (Å²) >= 11 is 0. The molecule has 1 aromatic rings. The molecule has 1 amide bonds. The number of nitrogen functional groups attached to an aromatic ring is 1. The molecule has 1 aliphatic rings. The van der Waals surface area contributed by atoms with Gasteiger partial charge in [-0.3, -0.25) is 4.79 Å². The van der Waals surface area contributed by atoms with E-state index in [1.54, 1.807) is 4.90 Å². The molecule has 0 unspecified atom stereocenters. The first-order chi connectivity index (χ1) is 9.35. The fourth-order valence-corrected chi connectivity index (χ4v) is 3.49. The molecule has 1 aromatic carbocycles. The molecule has 20 heavy (non-hydrogen) atoms. The molecule has 2 N–H and O–H groups in total. The third kappa shape index (κ3) is 3.09. The summed E-state index contributed by atoms with van der Waals surface area (Å²) in [6.45, 7) is 2.30. The quantitative estimate of drug-likeness (QED) is 0.654. The lowest BCUT2D eigenvalue weighted by Gasteiger charge is -2.20. The highest BCUT2D eigenvalue weighted by Gasteiger charge is 2.34. The maximum Gasteiger partial charge on any atom is 0.238 e. The molecule has 0 saturated heterocycles. The highest BCUT2D eigenvalue weighted by Crippen LogP contribution is 2.27. The number of carbonyl (C=O) groups is 1. The van der Waals surface area contributed by atoms with Crippen LogP contribution < -0.4 is 5.73 Å². The second-order valence-corrected chi connectivity index (χ2v) is 6.81. The SMILES string of the molecule is CCN(C(=O)CS(=O)(=O)c1ccc(F)cc1N)C1CC1. The summed E-state index contributed by atoms with van der Waals surface area (Å²) in [5.74, 6) is -1.67. The second-order valence-electron chi connectivity index (χ2n) is 4.85. The molecule has 0 spiro atoms. The number of sulfone groups is 1. The highest BCUT2D eigenvalue weighted by atomic mass is 32.2. The molecule has 0 aromatic heterocycles. The fraction of sp³-hybridized carbons (Fsp3) is 0.462. The van der Waals surface area contributed by atoms with Crippen LogP contribution in [-0.4, -0.2) is 37.6 Å². The number of anilines is 1. The maximum absolute atomic E-state index is 12.9. The Morgan fingerprint density at radius 3 is 2.60 bits per heavy atom. The molecule has 110 valence electrons. The lowest BCUT2D eigenvalue weighted by molar-refractivity contribution is -0.128. The first-order valence-electron chi connectivity index (χ1n) is 6.42. The van der Waals surface area contributed by atoms with Crippen molar-refractivity contribution in [3.8, 4) is 0 Å². The number of halogens is 1. The number of amides is 1. The molecule has 0 aliphatic heterocycles. The summed E-state index contributed by atoms with van der Waals surface area (Å²) < 4.78 is 37.3. The topological polar surface area (TPSA) is 80.5 Å². The number of nitrogens with two attached hydrogens (primary N) is 1. The van der Waals surface area contributed by atoms with Gasteiger partial charge in [-0.15, -0.1) is 0 Å². The Bertz CT molecular complexity index is 627. The zero-order valence-electron chi connectivity index (χ0n) is 11.2. The molecule has 1 saturated carbocycles. The van der Waals surface area contributed by atoms with Gasteiger partial charge >= 0.3 is 0 Å². The lowest BCUT2D eigenvalue weighted by Crippen LogP contribution is -2.37. The Balaban J connectivity index is 2.20. The van der Waals surface area contributed by atoms with E-state index in [1.807, 2.05) is 6.92 Å². The molecule has 2 rings (SSSR count). The van der Waals surface area contributed by atoms with Gasteiger partial charge in [-0.1, -0.05) is 0 Å². The van der Waals surface area contributed by atoms with Crippen molar-refractivity contribution in [2.45, 2.75) is 30.7 Å². The summed E-state index contributed by atoms with van der Waals surface area (Å²) in [7, 11) is -3.85. The Morgan fingerprint density at radius 1 is 1.45 bits per heavy atom. The zero-order valence-corrected chi connectivity index (χ0v) is 12.0. The molecule has 7 heteroatoms. The minimum absolute atomic E-state index is 0.160. The largest absolute Gasteiger partial charge is 0.398 e. The van der Waals surface area contributed by atoms with Gasteiger partial charge in [-0.05, 0) is 38.0 Å². The van der Waals surface area contributed by atoms with Gasteiger partial charge in [0.2, 0.25) is 5.91 Å². The number of hydrogen-bond acceptors (Lipinski definition) is 4. The van der Waals surface area contributed by atoms with Gasteiger partial charge in [0.25, 0.3) is 0 Å². The Kier molecular flexibility index (Phi) is 3.99. The zero-order chi connectivity index (χ0) is 14.9.